The summed E-state index contributed by atoms with van der Waals surface area (Å²) in [6.45, 7) is -0.300. The van der Waals surface area contributed by atoms with Crippen molar-refractivity contribution in [1.82, 2.24) is 5.32 Å². The highest BCUT2D eigenvalue weighted by Gasteiger charge is 2.34. The number of carbonyl (C=O) groups is 1. The van der Waals surface area contributed by atoms with Crippen LogP contribution in [0.5, 0.6) is 0 Å². The van der Waals surface area contributed by atoms with Gasteiger partial charge in [-0.1, -0.05) is 0 Å². The van der Waals surface area contributed by atoms with E-state index in [-0.39, 0.29) is 25.6 Å². The maximum absolute atomic E-state index is 12.6. The van der Waals surface area contributed by atoms with E-state index >= 15 is 0 Å². The molecule has 0 bridgehead atoms. The van der Waals surface area contributed by atoms with E-state index in [4.69, 9.17) is 5.73 Å². The molecule has 1 aliphatic heterocycles. The molecule has 0 aromatic rings. The summed E-state index contributed by atoms with van der Waals surface area (Å²) in [7, 11) is 0. The van der Waals surface area contributed by atoms with Gasteiger partial charge in [0.05, 0.1) is 6.54 Å². The smallest absolute Gasteiger partial charge is 0.404 e. The van der Waals surface area contributed by atoms with Crippen LogP contribution in [-0.4, -0.2) is 31.2 Å². The summed E-state index contributed by atoms with van der Waals surface area (Å²) in [5.74, 6) is -2.64. The Morgan fingerprint density at radius 3 is 2.85 bits per heavy atom. The third kappa shape index (κ3) is 3.54. The number of halogens is 2. The predicted molar refractivity (Wildman–Crippen MR) is 41.5 cm³/mol. The van der Waals surface area contributed by atoms with Gasteiger partial charge in [-0.2, -0.15) is 0 Å². The molecule has 1 unspecified atom stereocenters. The van der Waals surface area contributed by atoms with Gasteiger partial charge in [0.25, 0.3) is 5.92 Å². The minimum atomic E-state index is -2.64. The van der Waals surface area contributed by atoms with Crippen LogP contribution in [0, 0.1) is 0 Å². The molecule has 1 atom stereocenters. The van der Waals surface area contributed by atoms with Crippen molar-refractivity contribution < 1.29 is 18.3 Å². The lowest BCUT2D eigenvalue weighted by atomic mass is 10.0. The van der Waals surface area contributed by atoms with Gasteiger partial charge in [-0.25, -0.2) is 13.6 Å². The van der Waals surface area contributed by atoms with Crippen LogP contribution in [0.25, 0.3) is 0 Å². The van der Waals surface area contributed by atoms with Crippen molar-refractivity contribution in [3.63, 3.8) is 0 Å². The average Bonchev–Trinajstić information content (AvgIpc) is 2.02. The van der Waals surface area contributed by atoms with Crippen molar-refractivity contribution in [3.05, 3.63) is 0 Å². The third-order valence-electron chi connectivity index (χ3n) is 1.93. The number of nitrogens with two attached hydrogens (primary N) is 1. The highest BCUT2D eigenvalue weighted by molar-refractivity contribution is 5.64. The lowest BCUT2D eigenvalue weighted by molar-refractivity contribution is -0.0348. The summed E-state index contributed by atoms with van der Waals surface area (Å²) < 4.78 is 29.6. The number of alkyl halides is 2. The zero-order valence-corrected chi connectivity index (χ0v) is 7.06. The number of carbonyl (C=O) groups excluding carboxylic acids is 1. The number of rotatable bonds is 2. The van der Waals surface area contributed by atoms with Gasteiger partial charge < -0.3 is 15.8 Å². The highest BCUT2D eigenvalue weighted by Crippen LogP contribution is 2.24. The Hall–Kier alpha value is -0.910. The average molecular weight is 194 g/mol. The molecule has 1 heterocycles. The van der Waals surface area contributed by atoms with E-state index in [0.717, 1.165) is 0 Å². The molecule has 1 fully saturated rings. The van der Waals surface area contributed by atoms with Crippen LogP contribution >= 0.6 is 0 Å². The molecule has 0 saturated carbocycles. The number of amides is 1. The summed E-state index contributed by atoms with van der Waals surface area (Å²) in [5, 5.41) is 2.58. The van der Waals surface area contributed by atoms with E-state index < -0.39 is 12.0 Å². The van der Waals surface area contributed by atoms with Gasteiger partial charge in [-0.05, 0) is 6.42 Å². The molecule has 0 spiro atoms. The summed E-state index contributed by atoms with van der Waals surface area (Å²) in [6, 6.07) is -0.202. The highest BCUT2D eigenvalue weighted by atomic mass is 19.3. The molecule has 4 nitrogen and oxygen atoms in total. The molecular formula is C7H12F2N2O2. The monoisotopic (exact) mass is 194 g/mol. The lowest BCUT2D eigenvalue weighted by Gasteiger charge is -2.28. The van der Waals surface area contributed by atoms with Gasteiger partial charge in [0.15, 0.2) is 0 Å². The number of hydrogen-bond donors (Lipinski definition) is 2. The van der Waals surface area contributed by atoms with E-state index in [1.165, 1.54) is 0 Å². The first-order valence-corrected chi connectivity index (χ1v) is 4.03. The largest absolute Gasteiger partial charge is 0.448 e. The first-order valence-electron chi connectivity index (χ1n) is 4.03. The molecule has 1 aliphatic rings. The Balaban J connectivity index is 2.21. The molecule has 0 aliphatic carbocycles. The lowest BCUT2D eigenvalue weighted by Crippen LogP contribution is -2.47. The minimum Gasteiger partial charge on any atom is -0.448 e. The standard InChI is InChI=1S/C7H12F2N2O2/c8-7(9)2-1-5(11-4-7)3-13-6(10)12/h5,11H,1-4H2,(H2,10,12). The van der Waals surface area contributed by atoms with E-state index in [9.17, 15) is 13.6 Å². The molecule has 0 radical (unpaired) electrons. The van der Waals surface area contributed by atoms with Crippen LogP contribution in [0.1, 0.15) is 12.8 Å². The molecule has 3 N–H and O–H groups in total. The molecule has 6 heteroatoms. The molecule has 1 rings (SSSR count). The molecule has 13 heavy (non-hydrogen) atoms. The van der Waals surface area contributed by atoms with E-state index in [1.807, 2.05) is 0 Å². The fraction of sp³-hybridized carbons (Fsp3) is 0.857. The predicted octanol–water partition coefficient (Wildman–Crippen LogP) is 0.469. The zero-order chi connectivity index (χ0) is 9.90. The van der Waals surface area contributed by atoms with E-state index in [0.29, 0.717) is 6.42 Å². The number of piperidine rings is 1. The van der Waals surface area contributed by atoms with Crippen molar-refractivity contribution in [2.45, 2.75) is 24.8 Å². The second kappa shape index (κ2) is 3.87. The molecule has 1 amide bonds. The van der Waals surface area contributed by atoms with Crippen LogP contribution in [0.3, 0.4) is 0 Å². The van der Waals surface area contributed by atoms with Crippen molar-refractivity contribution in [3.8, 4) is 0 Å². The second-order valence-corrected chi connectivity index (χ2v) is 3.10. The fourth-order valence-electron chi connectivity index (χ4n) is 1.19. The van der Waals surface area contributed by atoms with Crippen LogP contribution in [0.2, 0.25) is 0 Å². The number of ether oxygens (including phenoxy) is 1. The minimum absolute atomic E-state index is 0.0609. The van der Waals surface area contributed by atoms with Crippen molar-refractivity contribution in [2.24, 2.45) is 5.73 Å². The van der Waals surface area contributed by atoms with Crippen LogP contribution in [0.15, 0.2) is 0 Å². The van der Waals surface area contributed by atoms with Crippen LogP contribution in [-0.2, 0) is 4.74 Å². The van der Waals surface area contributed by atoms with E-state index in [1.54, 1.807) is 0 Å². The Kier molecular flexibility index (Phi) is 3.02. The van der Waals surface area contributed by atoms with Crippen molar-refractivity contribution >= 4 is 6.09 Å². The first kappa shape index (κ1) is 10.2. The SMILES string of the molecule is NC(=O)OCC1CCC(F)(F)CN1. The summed E-state index contributed by atoms with van der Waals surface area (Å²) >= 11 is 0. The van der Waals surface area contributed by atoms with Crippen molar-refractivity contribution in [2.75, 3.05) is 13.2 Å². The summed E-state index contributed by atoms with van der Waals surface area (Å²) in [4.78, 5) is 10.2. The van der Waals surface area contributed by atoms with Gasteiger partial charge in [0.2, 0.25) is 0 Å². The maximum Gasteiger partial charge on any atom is 0.404 e. The molecule has 0 aromatic carbocycles. The Morgan fingerprint density at radius 2 is 2.38 bits per heavy atom. The Morgan fingerprint density at radius 1 is 1.69 bits per heavy atom. The maximum atomic E-state index is 12.6. The summed E-state index contributed by atoms with van der Waals surface area (Å²) in [5.41, 5.74) is 4.73. The van der Waals surface area contributed by atoms with E-state index in [2.05, 4.69) is 10.1 Å². The van der Waals surface area contributed by atoms with Gasteiger partial charge in [-0.15, -0.1) is 0 Å². The molecular weight excluding hydrogens is 182 g/mol. The fourth-order valence-corrected chi connectivity index (χ4v) is 1.19. The first-order chi connectivity index (χ1) is 5.99. The quantitative estimate of drug-likeness (QED) is 0.671. The van der Waals surface area contributed by atoms with Crippen molar-refractivity contribution in [1.29, 1.82) is 0 Å². The summed E-state index contributed by atoms with van der Waals surface area (Å²) in [6.07, 6.45) is -0.758. The Bertz CT molecular complexity index is 189. The normalized spacial score (nSPS) is 26.8. The number of primary amides is 1. The van der Waals surface area contributed by atoms with Crippen LogP contribution in [0.4, 0.5) is 13.6 Å². The second-order valence-electron chi connectivity index (χ2n) is 3.10. The molecule has 1 saturated heterocycles. The zero-order valence-electron chi connectivity index (χ0n) is 7.06. The van der Waals surface area contributed by atoms with Gasteiger partial charge >= 0.3 is 6.09 Å². The Labute approximate surface area is 74.4 Å². The van der Waals surface area contributed by atoms with Gasteiger partial charge in [-0.3, -0.25) is 0 Å². The number of hydrogen-bond acceptors (Lipinski definition) is 3. The topological polar surface area (TPSA) is 64.4 Å². The molecule has 76 valence electrons. The van der Waals surface area contributed by atoms with Gasteiger partial charge in [0, 0.05) is 12.5 Å². The third-order valence-corrected chi connectivity index (χ3v) is 1.93. The number of nitrogens with one attached hydrogen (secondary N) is 1. The molecule has 0 aromatic heterocycles. The van der Waals surface area contributed by atoms with Crippen LogP contribution < -0.4 is 11.1 Å². The van der Waals surface area contributed by atoms with Gasteiger partial charge in [0.1, 0.15) is 6.61 Å².